The van der Waals surface area contributed by atoms with Gasteiger partial charge in [-0.25, -0.2) is 0 Å². The Morgan fingerprint density at radius 1 is 0.586 bits per heavy atom. The van der Waals surface area contributed by atoms with E-state index in [2.05, 4.69) is 12.2 Å². The number of unbranched alkanes of at least 4 members (excludes halogenated alkanes) is 18. The van der Waals surface area contributed by atoms with Gasteiger partial charge in [0.25, 0.3) is 0 Å². The van der Waals surface area contributed by atoms with Crippen molar-refractivity contribution < 1.29 is 9.53 Å². The summed E-state index contributed by atoms with van der Waals surface area (Å²) in [6, 6.07) is 0. The molecular weight excluding hydrogens is 358 g/mol. The van der Waals surface area contributed by atoms with Crippen LogP contribution in [0.15, 0.2) is 0 Å². The van der Waals surface area contributed by atoms with E-state index in [9.17, 15) is 4.79 Å². The SMILES string of the molecule is CCCCCCCCCCCCCCCCCCCCCC(=O)NCCCOC. The molecule has 0 saturated carbocycles. The Kier molecular flexibility index (Phi) is 25.0. The van der Waals surface area contributed by atoms with Gasteiger partial charge in [-0.3, -0.25) is 4.79 Å². The molecule has 0 aromatic rings. The maximum atomic E-state index is 11.6. The largest absolute Gasteiger partial charge is 0.385 e. The number of hydrogen-bond donors (Lipinski definition) is 1. The van der Waals surface area contributed by atoms with Crippen molar-refractivity contribution >= 4 is 5.91 Å². The van der Waals surface area contributed by atoms with Crippen LogP contribution in [0.5, 0.6) is 0 Å². The lowest BCUT2D eigenvalue weighted by Gasteiger charge is -2.05. The van der Waals surface area contributed by atoms with Gasteiger partial charge in [0.2, 0.25) is 5.91 Å². The summed E-state index contributed by atoms with van der Waals surface area (Å²) in [6.45, 7) is 3.75. The summed E-state index contributed by atoms with van der Waals surface area (Å²) in [6.07, 6.45) is 27.9. The van der Waals surface area contributed by atoms with E-state index in [0.29, 0.717) is 6.42 Å². The number of carbonyl (C=O) groups is 1. The number of methoxy groups -OCH3 is 1. The molecule has 0 aromatic carbocycles. The summed E-state index contributed by atoms with van der Waals surface area (Å²) in [4.78, 5) is 11.6. The Morgan fingerprint density at radius 2 is 0.966 bits per heavy atom. The first-order chi connectivity index (χ1) is 14.3. The second-order valence-electron chi connectivity index (χ2n) is 8.81. The molecule has 0 unspecified atom stereocenters. The number of hydrogen-bond acceptors (Lipinski definition) is 2. The van der Waals surface area contributed by atoms with Crippen molar-refractivity contribution in [2.75, 3.05) is 20.3 Å². The minimum Gasteiger partial charge on any atom is -0.385 e. The molecule has 1 N–H and O–H groups in total. The molecule has 174 valence electrons. The van der Waals surface area contributed by atoms with Gasteiger partial charge in [-0.15, -0.1) is 0 Å². The Labute approximate surface area is 183 Å². The van der Waals surface area contributed by atoms with E-state index >= 15 is 0 Å². The molecule has 1 amide bonds. The second kappa shape index (κ2) is 25.5. The molecule has 0 rings (SSSR count). The Bertz CT molecular complexity index is 320. The van der Waals surface area contributed by atoms with Gasteiger partial charge < -0.3 is 10.1 Å². The predicted octanol–water partition coefficient (Wildman–Crippen LogP) is 7.96. The highest BCUT2D eigenvalue weighted by Gasteiger charge is 2.00. The first kappa shape index (κ1) is 28.4. The molecule has 3 nitrogen and oxygen atoms in total. The highest BCUT2D eigenvalue weighted by Crippen LogP contribution is 2.14. The van der Waals surface area contributed by atoms with Crippen LogP contribution in [0.4, 0.5) is 0 Å². The van der Waals surface area contributed by atoms with Gasteiger partial charge in [-0.1, -0.05) is 122 Å². The average molecular weight is 412 g/mol. The fraction of sp³-hybridized carbons (Fsp3) is 0.962. The predicted molar refractivity (Wildman–Crippen MR) is 128 cm³/mol. The monoisotopic (exact) mass is 411 g/mol. The van der Waals surface area contributed by atoms with Gasteiger partial charge >= 0.3 is 0 Å². The molecule has 3 heteroatoms. The highest BCUT2D eigenvalue weighted by molar-refractivity contribution is 5.75. The first-order valence-corrected chi connectivity index (χ1v) is 13.1. The molecule has 0 fully saturated rings. The van der Waals surface area contributed by atoms with Crippen molar-refractivity contribution in [2.24, 2.45) is 0 Å². The van der Waals surface area contributed by atoms with E-state index in [-0.39, 0.29) is 5.91 Å². The topological polar surface area (TPSA) is 38.3 Å². The average Bonchev–Trinajstić information content (AvgIpc) is 2.73. The molecule has 0 bridgehead atoms. The zero-order valence-electron chi connectivity index (χ0n) is 20.1. The molecule has 29 heavy (non-hydrogen) atoms. The maximum Gasteiger partial charge on any atom is 0.219 e. The zero-order valence-corrected chi connectivity index (χ0v) is 20.1. The third-order valence-electron chi connectivity index (χ3n) is 5.85. The van der Waals surface area contributed by atoms with E-state index in [1.807, 2.05) is 0 Å². The minimum atomic E-state index is 0.202. The van der Waals surface area contributed by atoms with Gasteiger partial charge in [0.1, 0.15) is 0 Å². The van der Waals surface area contributed by atoms with Gasteiger partial charge in [0.15, 0.2) is 0 Å². The van der Waals surface area contributed by atoms with Crippen molar-refractivity contribution in [1.29, 1.82) is 0 Å². The van der Waals surface area contributed by atoms with Gasteiger partial charge in [-0.2, -0.15) is 0 Å². The summed E-state index contributed by atoms with van der Waals surface area (Å²) in [5.41, 5.74) is 0. The summed E-state index contributed by atoms with van der Waals surface area (Å²) >= 11 is 0. The van der Waals surface area contributed by atoms with Crippen LogP contribution < -0.4 is 5.32 Å². The van der Waals surface area contributed by atoms with E-state index in [1.54, 1.807) is 7.11 Å². The van der Waals surface area contributed by atoms with Crippen LogP contribution in [-0.2, 0) is 9.53 Å². The number of carbonyl (C=O) groups excluding carboxylic acids is 1. The molecule has 0 atom stereocenters. The van der Waals surface area contributed by atoms with Crippen LogP contribution in [0, 0.1) is 0 Å². The molecule has 0 aliphatic rings. The molecule has 0 aromatic heterocycles. The standard InChI is InChI=1S/C26H53NO2/c1-3-4-5-6-7-8-9-10-11-12-13-14-15-16-17-18-19-20-21-23-26(28)27-24-22-25-29-2/h3-25H2,1-2H3,(H,27,28). The molecule has 0 aliphatic heterocycles. The van der Waals surface area contributed by atoms with Crippen LogP contribution in [-0.4, -0.2) is 26.2 Å². The number of amides is 1. The smallest absolute Gasteiger partial charge is 0.219 e. The lowest BCUT2D eigenvalue weighted by molar-refractivity contribution is -0.121. The van der Waals surface area contributed by atoms with E-state index < -0.39 is 0 Å². The van der Waals surface area contributed by atoms with Crippen LogP contribution in [0.2, 0.25) is 0 Å². The lowest BCUT2D eigenvalue weighted by Crippen LogP contribution is -2.24. The van der Waals surface area contributed by atoms with Crippen molar-refractivity contribution in [1.82, 2.24) is 5.32 Å². The van der Waals surface area contributed by atoms with Gasteiger partial charge in [-0.05, 0) is 12.8 Å². The Morgan fingerprint density at radius 3 is 1.34 bits per heavy atom. The van der Waals surface area contributed by atoms with Crippen LogP contribution in [0.3, 0.4) is 0 Å². The molecule has 0 aliphatic carbocycles. The normalized spacial score (nSPS) is 11.1. The minimum absolute atomic E-state index is 0.202. The van der Waals surface area contributed by atoms with Crippen molar-refractivity contribution in [3.63, 3.8) is 0 Å². The highest BCUT2D eigenvalue weighted by atomic mass is 16.5. The number of rotatable bonds is 24. The summed E-state index contributed by atoms with van der Waals surface area (Å²) < 4.78 is 4.98. The van der Waals surface area contributed by atoms with Gasteiger partial charge in [0.05, 0.1) is 0 Å². The third-order valence-corrected chi connectivity index (χ3v) is 5.85. The number of nitrogens with one attached hydrogen (secondary N) is 1. The molecular formula is C26H53NO2. The molecule has 0 saturated heterocycles. The maximum absolute atomic E-state index is 11.6. The lowest BCUT2D eigenvalue weighted by atomic mass is 10.0. The summed E-state index contributed by atoms with van der Waals surface area (Å²) in [7, 11) is 1.69. The fourth-order valence-electron chi connectivity index (χ4n) is 3.90. The van der Waals surface area contributed by atoms with E-state index in [4.69, 9.17) is 4.74 Å². The fourth-order valence-corrected chi connectivity index (χ4v) is 3.90. The Hall–Kier alpha value is -0.570. The summed E-state index contributed by atoms with van der Waals surface area (Å²) in [5.74, 6) is 0.202. The van der Waals surface area contributed by atoms with Crippen molar-refractivity contribution in [3.05, 3.63) is 0 Å². The zero-order chi connectivity index (χ0) is 21.3. The molecule has 0 spiro atoms. The first-order valence-electron chi connectivity index (χ1n) is 13.1. The molecule has 0 heterocycles. The molecule has 0 radical (unpaired) electrons. The van der Waals surface area contributed by atoms with Crippen LogP contribution >= 0.6 is 0 Å². The number of ether oxygens (including phenoxy) is 1. The second-order valence-corrected chi connectivity index (χ2v) is 8.81. The van der Waals surface area contributed by atoms with Crippen molar-refractivity contribution in [2.45, 2.75) is 142 Å². The van der Waals surface area contributed by atoms with Crippen LogP contribution in [0.25, 0.3) is 0 Å². The van der Waals surface area contributed by atoms with E-state index in [0.717, 1.165) is 26.0 Å². The van der Waals surface area contributed by atoms with Crippen molar-refractivity contribution in [3.8, 4) is 0 Å². The summed E-state index contributed by atoms with van der Waals surface area (Å²) in [5, 5.41) is 2.96. The third kappa shape index (κ3) is 25.4. The van der Waals surface area contributed by atoms with E-state index in [1.165, 1.54) is 116 Å². The quantitative estimate of drug-likeness (QED) is 0.164. The van der Waals surface area contributed by atoms with Crippen LogP contribution in [0.1, 0.15) is 142 Å². The Balaban J connectivity index is 3.07. The van der Waals surface area contributed by atoms with Gasteiger partial charge in [0, 0.05) is 26.7 Å².